The number of hydrogen-bond donors (Lipinski definition) is 2. The quantitative estimate of drug-likeness (QED) is 0.777. The summed E-state index contributed by atoms with van der Waals surface area (Å²) in [6.45, 7) is 3.32. The second-order valence-corrected chi connectivity index (χ2v) is 6.68. The molecule has 0 aromatic carbocycles. The van der Waals surface area contributed by atoms with Gasteiger partial charge in [-0.05, 0) is 13.8 Å². The summed E-state index contributed by atoms with van der Waals surface area (Å²) in [6.07, 6.45) is 1.42. The topological polar surface area (TPSA) is 108 Å². The van der Waals surface area contributed by atoms with Gasteiger partial charge < -0.3 is 5.73 Å². The molecule has 0 saturated heterocycles. The van der Waals surface area contributed by atoms with Crippen LogP contribution in [-0.2, 0) is 24.1 Å². The summed E-state index contributed by atoms with van der Waals surface area (Å²) < 4.78 is 30.5. The molecule has 0 radical (unpaired) electrons. The Morgan fingerprint density at radius 2 is 1.95 bits per heavy atom. The van der Waals surface area contributed by atoms with Gasteiger partial charge in [0.1, 0.15) is 15.7 Å². The molecule has 0 spiro atoms. The summed E-state index contributed by atoms with van der Waals surface area (Å²) in [5.41, 5.74) is 6.91. The lowest BCUT2D eigenvalue weighted by atomic mass is 10.3. The van der Waals surface area contributed by atoms with Crippen LogP contribution in [0.4, 0.5) is 5.82 Å². The highest BCUT2D eigenvalue weighted by Gasteiger charge is 2.26. The van der Waals surface area contributed by atoms with E-state index in [1.165, 1.54) is 15.6 Å². The smallest absolute Gasteiger partial charge is 0.266 e. The van der Waals surface area contributed by atoms with E-state index in [4.69, 9.17) is 18.0 Å². The first-order chi connectivity index (χ1) is 9.65. The van der Waals surface area contributed by atoms with Gasteiger partial charge in [0.2, 0.25) is 0 Å². The number of aryl methyl sites for hydroxylation is 3. The van der Waals surface area contributed by atoms with Crippen molar-refractivity contribution in [3.63, 3.8) is 0 Å². The number of nitrogens with one attached hydrogen (secondary N) is 1. The molecule has 0 aliphatic carbocycles. The van der Waals surface area contributed by atoms with E-state index in [0.717, 1.165) is 0 Å². The minimum Gasteiger partial charge on any atom is -0.389 e. The molecule has 21 heavy (non-hydrogen) atoms. The Balaban J connectivity index is 2.53. The van der Waals surface area contributed by atoms with Gasteiger partial charge in [-0.15, -0.1) is 0 Å². The zero-order valence-corrected chi connectivity index (χ0v) is 13.7. The number of sulfonamides is 1. The molecular formula is C11H16N6O2S2. The largest absolute Gasteiger partial charge is 0.389 e. The Morgan fingerprint density at radius 1 is 1.33 bits per heavy atom. The molecular weight excluding hydrogens is 312 g/mol. The van der Waals surface area contributed by atoms with Gasteiger partial charge in [0, 0.05) is 14.1 Å². The average Bonchev–Trinajstić information content (AvgIpc) is 2.81. The molecule has 114 valence electrons. The fourth-order valence-electron chi connectivity index (χ4n) is 2.06. The second kappa shape index (κ2) is 5.11. The van der Waals surface area contributed by atoms with Crippen molar-refractivity contribution in [3.8, 4) is 0 Å². The van der Waals surface area contributed by atoms with E-state index in [1.54, 1.807) is 27.9 Å². The van der Waals surface area contributed by atoms with Crippen molar-refractivity contribution < 1.29 is 8.42 Å². The molecule has 0 fully saturated rings. The molecule has 0 aliphatic rings. The van der Waals surface area contributed by atoms with Crippen molar-refractivity contribution >= 4 is 33.0 Å². The summed E-state index contributed by atoms with van der Waals surface area (Å²) in [6, 6.07) is 0. The van der Waals surface area contributed by atoms with E-state index in [9.17, 15) is 8.42 Å². The average molecular weight is 328 g/mol. The highest BCUT2D eigenvalue weighted by atomic mass is 32.2. The Bertz CT molecular complexity index is 818. The molecule has 0 atom stereocenters. The minimum atomic E-state index is -3.81. The molecule has 2 heterocycles. The minimum absolute atomic E-state index is 0.0698. The van der Waals surface area contributed by atoms with Crippen molar-refractivity contribution in [1.82, 2.24) is 19.6 Å². The van der Waals surface area contributed by atoms with Crippen LogP contribution in [0.25, 0.3) is 0 Å². The van der Waals surface area contributed by atoms with Gasteiger partial charge in [-0.3, -0.25) is 14.1 Å². The van der Waals surface area contributed by atoms with Gasteiger partial charge in [0.25, 0.3) is 10.0 Å². The molecule has 0 unspecified atom stereocenters. The summed E-state index contributed by atoms with van der Waals surface area (Å²) in [7, 11) is -0.525. The molecule has 0 amide bonds. The first-order valence-corrected chi connectivity index (χ1v) is 7.89. The highest BCUT2D eigenvalue weighted by Crippen LogP contribution is 2.23. The van der Waals surface area contributed by atoms with Crippen LogP contribution in [0.5, 0.6) is 0 Å². The van der Waals surface area contributed by atoms with Crippen LogP contribution in [0.1, 0.15) is 17.0 Å². The zero-order chi connectivity index (χ0) is 15.9. The standard InChI is InChI=1S/C11H16N6O2S2/c1-6-9(7(2)16(3)14-6)21(18,19)15-11-8(10(12)20)5-13-17(11)4/h5,15H,1-4H3,(H2,12,20). The lowest BCUT2D eigenvalue weighted by Crippen LogP contribution is -2.20. The van der Waals surface area contributed by atoms with Crippen molar-refractivity contribution in [1.29, 1.82) is 0 Å². The molecule has 2 rings (SSSR count). The van der Waals surface area contributed by atoms with Gasteiger partial charge in [-0.1, -0.05) is 12.2 Å². The molecule has 0 aliphatic heterocycles. The molecule has 0 bridgehead atoms. The number of nitrogens with two attached hydrogens (primary N) is 1. The van der Waals surface area contributed by atoms with E-state index in [0.29, 0.717) is 17.0 Å². The van der Waals surface area contributed by atoms with Crippen LogP contribution < -0.4 is 10.5 Å². The number of thiocarbonyl (C=S) groups is 1. The summed E-state index contributed by atoms with van der Waals surface area (Å²) in [5, 5.41) is 8.08. The molecule has 3 N–H and O–H groups in total. The summed E-state index contributed by atoms with van der Waals surface area (Å²) >= 11 is 4.90. The lowest BCUT2D eigenvalue weighted by molar-refractivity contribution is 0.598. The van der Waals surface area contributed by atoms with Gasteiger partial charge in [-0.2, -0.15) is 10.2 Å². The van der Waals surface area contributed by atoms with E-state index in [2.05, 4.69) is 14.9 Å². The number of aromatic nitrogens is 4. The van der Waals surface area contributed by atoms with Crippen LogP contribution in [0.3, 0.4) is 0 Å². The van der Waals surface area contributed by atoms with Gasteiger partial charge >= 0.3 is 0 Å². The number of nitrogens with zero attached hydrogens (tertiary/aromatic N) is 4. The molecule has 10 heteroatoms. The maximum Gasteiger partial charge on any atom is 0.266 e. The van der Waals surface area contributed by atoms with Crippen LogP contribution in [-0.4, -0.2) is 33.0 Å². The van der Waals surface area contributed by atoms with Crippen LogP contribution >= 0.6 is 12.2 Å². The maximum absolute atomic E-state index is 12.6. The third-order valence-electron chi connectivity index (χ3n) is 3.15. The van der Waals surface area contributed by atoms with Crippen molar-refractivity contribution in [3.05, 3.63) is 23.1 Å². The molecule has 2 aromatic rings. The van der Waals surface area contributed by atoms with E-state index in [1.807, 2.05) is 0 Å². The van der Waals surface area contributed by atoms with Crippen LogP contribution in [0, 0.1) is 13.8 Å². The number of hydrogen-bond acceptors (Lipinski definition) is 5. The van der Waals surface area contributed by atoms with E-state index in [-0.39, 0.29) is 15.7 Å². The molecule has 8 nitrogen and oxygen atoms in total. The van der Waals surface area contributed by atoms with Crippen LogP contribution in [0.15, 0.2) is 11.1 Å². The first-order valence-electron chi connectivity index (χ1n) is 6.00. The van der Waals surface area contributed by atoms with E-state index < -0.39 is 10.0 Å². The normalized spacial score (nSPS) is 11.6. The van der Waals surface area contributed by atoms with Crippen molar-refractivity contribution in [2.75, 3.05) is 4.72 Å². The Labute approximate surface area is 128 Å². The lowest BCUT2D eigenvalue weighted by Gasteiger charge is -2.10. The van der Waals surface area contributed by atoms with Gasteiger partial charge in [0.05, 0.1) is 23.1 Å². The van der Waals surface area contributed by atoms with E-state index >= 15 is 0 Å². The van der Waals surface area contributed by atoms with Crippen molar-refractivity contribution in [2.45, 2.75) is 18.7 Å². The summed E-state index contributed by atoms with van der Waals surface area (Å²) in [5.74, 6) is 0.227. The second-order valence-electron chi connectivity index (χ2n) is 4.62. The third-order valence-corrected chi connectivity index (χ3v) is 4.96. The zero-order valence-electron chi connectivity index (χ0n) is 12.1. The van der Waals surface area contributed by atoms with Gasteiger partial charge in [0.15, 0.2) is 0 Å². The maximum atomic E-state index is 12.6. The Kier molecular flexibility index (Phi) is 3.76. The molecule has 0 saturated carbocycles. The Morgan fingerprint density at radius 3 is 2.43 bits per heavy atom. The fraction of sp³-hybridized carbons (Fsp3) is 0.364. The van der Waals surface area contributed by atoms with Gasteiger partial charge in [-0.25, -0.2) is 8.42 Å². The predicted molar refractivity (Wildman–Crippen MR) is 82.6 cm³/mol. The van der Waals surface area contributed by atoms with Crippen LogP contribution in [0.2, 0.25) is 0 Å². The van der Waals surface area contributed by atoms with Crippen molar-refractivity contribution in [2.24, 2.45) is 19.8 Å². The first kappa shape index (κ1) is 15.4. The number of rotatable bonds is 4. The third kappa shape index (κ3) is 2.63. The summed E-state index contributed by atoms with van der Waals surface area (Å²) in [4.78, 5) is 0.209. The predicted octanol–water partition coefficient (Wildman–Crippen LogP) is 0.205. The monoisotopic (exact) mass is 328 g/mol. The SMILES string of the molecule is Cc1nn(C)c(C)c1S(=O)(=O)Nc1c(C(N)=S)cnn1C. The number of anilines is 1. The Hall–Kier alpha value is -1.94. The highest BCUT2D eigenvalue weighted by molar-refractivity contribution is 7.92. The molecule has 2 aromatic heterocycles. The fourth-order valence-corrected chi connectivity index (χ4v) is 3.76.